The Morgan fingerprint density at radius 2 is 2.53 bits per heavy atom. The molecule has 1 aliphatic carbocycles. The van der Waals surface area contributed by atoms with Crippen LogP contribution in [0.15, 0.2) is 12.5 Å². The second kappa shape index (κ2) is 4.02. The van der Waals surface area contributed by atoms with Crippen molar-refractivity contribution >= 4 is 5.91 Å². The zero-order chi connectivity index (χ0) is 10.8. The summed E-state index contributed by atoms with van der Waals surface area (Å²) >= 11 is 0. The number of carbonyl (C=O) groups is 1. The van der Waals surface area contributed by atoms with Crippen LogP contribution in [0.5, 0.6) is 0 Å². The van der Waals surface area contributed by atoms with Gasteiger partial charge in [-0.3, -0.25) is 4.79 Å². The highest BCUT2D eigenvalue weighted by atomic mass is 16.2. The highest BCUT2D eigenvalue weighted by Gasteiger charge is 2.23. The van der Waals surface area contributed by atoms with Crippen LogP contribution in [-0.2, 0) is 11.3 Å². The van der Waals surface area contributed by atoms with E-state index in [0.717, 1.165) is 18.5 Å². The van der Waals surface area contributed by atoms with Crippen molar-refractivity contribution in [3.63, 3.8) is 0 Å². The van der Waals surface area contributed by atoms with E-state index in [1.165, 1.54) is 0 Å². The van der Waals surface area contributed by atoms with Crippen LogP contribution in [0.3, 0.4) is 0 Å². The average molecular weight is 208 g/mol. The third kappa shape index (κ3) is 2.56. The topological polar surface area (TPSA) is 72.9 Å². The lowest BCUT2D eigenvalue weighted by molar-refractivity contribution is -0.121. The highest BCUT2D eigenvalue weighted by Crippen LogP contribution is 2.18. The maximum atomic E-state index is 11.5. The number of nitrogens with one attached hydrogen (secondary N) is 1. The molecule has 1 heterocycles. The normalized spacial score (nSPS) is 17.5. The molecule has 3 N–H and O–H groups in total. The summed E-state index contributed by atoms with van der Waals surface area (Å²) < 4.78 is 1.79. The summed E-state index contributed by atoms with van der Waals surface area (Å²) in [6.07, 6.45) is 5.56. The monoisotopic (exact) mass is 208 g/mol. The SMILES string of the molecule is C[C@@H](N)c1cncn1CC(=O)NC1CC1. The first-order valence-electron chi connectivity index (χ1n) is 5.22. The van der Waals surface area contributed by atoms with Crippen molar-refractivity contribution < 1.29 is 4.79 Å². The summed E-state index contributed by atoms with van der Waals surface area (Å²) in [5.74, 6) is 0.0393. The van der Waals surface area contributed by atoms with E-state index in [1.54, 1.807) is 17.1 Å². The first kappa shape index (κ1) is 10.2. The number of rotatable bonds is 4. The van der Waals surface area contributed by atoms with Crippen LogP contribution in [-0.4, -0.2) is 21.5 Å². The molecule has 1 amide bonds. The molecule has 0 radical (unpaired) electrons. The van der Waals surface area contributed by atoms with Crippen molar-refractivity contribution in [1.29, 1.82) is 0 Å². The van der Waals surface area contributed by atoms with Crippen molar-refractivity contribution in [3.8, 4) is 0 Å². The lowest BCUT2D eigenvalue weighted by Gasteiger charge is -2.10. The Morgan fingerprint density at radius 3 is 3.13 bits per heavy atom. The van der Waals surface area contributed by atoms with E-state index in [0.29, 0.717) is 12.6 Å². The van der Waals surface area contributed by atoms with Crippen LogP contribution in [0.25, 0.3) is 0 Å². The van der Waals surface area contributed by atoms with Gasteiger partial charge in [-0.15, -0.1) is 0 Å². The Morgan fingerprint density at radius 1 is 1.80 bits per heavy atom. The summed E-state index contributed by atoms with van der Waals surface area (Å²) in [5.41, 5.74) is 6.65. The van der Waals surface area contributed by atoms with Gasteiger partial charge >= 0.3 is 0 Å². The predicted octanol–water partition coefficient (Wildman–Crippen LogP) is 0.181. The molecule has 1 aliphatic rings. The molecule has 0 saturated heterocycles. The number of hydrogen-bond donors (Lipinski definition) is 2. The molecule has 0 aromatic carbocycles. The van der Waals surface area contributed by atoms with E-state index in [9.17, 15) is 4.79 Å². The van der Waals surface area contributed by atoms with Crippen LogP contribution in [0.4, 0.5) is 0 Å². The largest absolute Gasteiger partial charge is 0.352 e. The van der Waals surface area contributed by atoms with Gasteiger partial charge in [0.05, 0.1) is 12.0 Å². The Balaban J connectivity index is 1.96. The molecular formula is C10H16N4O. The Labute approximate surface area is 88.7 Å². The van der Waals surface area contributed by atoms with Gasteiger partial charge in [0.2, 0.25) is 5.91 Å². The fourth-order valence-electron chi connectivity index (χ4n) is 1.50. The van der Waals surface area contributed by atoms with E-state index in [4.69, 9.17) is 5.73 Å². The summed E-state index contributed by atoms with van der Waals surface area (Å²) in [6.45, 7) is 2.19. The van der Waals surface area contributed by atoms with E-state index < -0.39 is 0 Å². The molecular weight excluding hydrogens is 192 g/mol. The maximum Gasteiger partial charge on any atom is 0.240 e. The van der Waals surface area contributed by atoms with Crippen LogP contribution in [0.1, 0.15) is 31.5 Å². The molecule has 0 spiro atoms. The number of amides is 1. The van der Waals surface area contributed by atoms with E-state index >= 15 is 0 Å². The first-order valence-corrected chi connectivity index (χ1v) is 5.22. The van der Waals surface area contributed by atoms with Gasteiger partial charge in [-0.25, -0.2) is 4.98 Å². The molecule has 1 saturated carbocycles. The number of aromatic nitrogens is 2. The maximum absolute atomic E-state index is 11.5. The fraction of sp³-hybridized carbons (Fsp3) is 0.600. The minimum absolute atomic E-state index is 0.0393. The summed E-state index contributed by atoms with van der Waals surface area (Å²) in [5, 5.41) is 2.93. The number of hydrogen-bond acceptors (Lipinski definition) is 3. The van der Waals surface area contributed by atoms with Crippen molar-refractivity contribution in [2.45, 2.75) is 38.4 Å². The van der Waals surface area contributed by atoms with E-state index in [1.807, 2.05) is 6.92 Å². The number of carbonyl (C=O) groups excluding carboxylic acids is 1. The van der Waals surface area contributed by atoms with Crippen molar-refractivity contribution in [1.82, 2.24) is 14.9 Å². The molecule has 1 aromatic rings. The van der Waals surface area contributed by atoms with Crippen molar-refractivity contribution in [2.75, 3.05) is 0 Å². The van der Waals surface area contributed by atoms with Gasteiger partial charge in [0.1, 0.15) is 6.54 Å². The third-order valence-corrected chi connectivity index (χ3v) is 2.47. The molecule has 5 nitrogen and oxygen atoms in total. The summed E-state index contributed by atoms with van der Waals surface area (Å²) in [7, 11) is 0. The number of nitrogens with zero attached hydrogens (tertiary/aromatic N) is 2. The number of imidazole rings is 1. The molecule has 15 heavy (non-hydrogen) atoms. The van der Waals surface area contributed by atoms with Gasteiger partial charge in [-0.1, -0.05) is 0 Å². The molecule has 0 unspecified atom stereocenters. The zero-order valence-electron chi connectivity index (χ0n) is 8.81. The lowest BCUT2D eigenvalue weighted by atomic mass is 10.3. The van der Waals surface area contributed by atoms with Crippen LogP contribution in [0.2, 0.25) is 0 Å². The summed E-state index contributed by atoms with van der Waals surface area (Å²) in [4.78, 5) is 15.5. The van der Waals surface area contributed by atoms with Crippen LogP contribution in [0, 0.1) is 0 Å². The first-order chi connectivity index (χ1) is 7.16. The van der Waals surface area contributed by atoms with Gasteiger partial charge in [0.25, 0.3) is 0 Å². The molecule has 1 atom stereocenters. The van der Waals surface area contributed by atoms with E-state index in [-0.39, 0.29) is 11.9 Å². The predicted molar refractivity (Wildman–Crippen MR) is 56.0 cm³/mol. The molecule has 2 rings (SSSR count). The molecule has 82 valence electrons. The van der Waals surface area contributed by atoms with Crippen molar-refractivity contribution in [3.05, 3.63) is 18.2 Å². The molecule has 0 bridgehead atoms. The second-order valence-corrected chi connectivity index (χ2v) is 4.08. The smallest absolute Gasteiger partial charge is 0.240 e. The van der Waals surface area contributed by atoms with Crippen LogP contribution < -0.4 is 11.1 Å². The molecule has 5 heteroatoms. The third-order valence-electron chi connectivity index (χ3n) is 2.47. The number of nitrogens with two attached hydrogens (primary N) is 1. The highest BCUT2D eigenvalue weighted by molar-refractivity contribution is 5.76. The minimum atomic E-state index is -0.0961. The molecule has 1 fully saturated rings. The zero-order valence-corrected chi connectivity index (χ0v) is 8.81. The Bertz CT molecular complexity index is 354. The van der Waals surface area contributed by atoms with Gasteiger partial charge in [-0.2, -0.15) is 0 Å². The molecule has 0 aliphatic heterocycles. The van der Waals surface area contributed by atoms with Gasteiger partial charge < -0.3 is 15.6 Å². The van der Waals surface area contributed by atoms with Crippen LogP contribution >= 0.6 is 0 Å². The second-order valence-electron chi connectivity index (χ2n) is 4.08. The fourth-order valence-corrected chi connectivity index (χ4v) is 1.50. The van der Waals surface area contributed by atoms with Gasteiger partial charge in [0, 0.05) is 18.3 Å². The van der Waals surface area contributed by atoms with Crippen molar-refractivity contribution in [2.24, 2.45) is 5.73 Å². The molecule has 1 aromatic heterocycles. The van der Waals surface area contributed by atoms with Gasteiger partial charge in [-0.05, 0) is 19.8 Å². The average Bonchev–Trinajstić information content (AvgIpc) is 2.82. The standard InChI is InChI=1S/C10H16N4O/c1-7(11)9-4-12-6-14(9)5-10(15)13-8-2-3-8/h4,6-8H,2-3,5,11H2,1H3,(H,13,15)/t7-/m1/s1. The quantitative estimate of drug-likeness (QED) is 0.741. The lowest BCUT2D eigenvalue weighted by Crippen LogP contribution is -2.30. The minimum Gasteiger partial charge on any atom is -0.352 e. The van der Waals surface area contributed by atoms with Gasteiger partial charge in [0.15, 0.2) is 0 Å². The Hall–Kier alpha value is -1.36. The summed E-state index contributed by atoms with van der Waals surface area (Å²) in [6, 6.07) is 0.306. The Kier molecular flexibility index (Phi) is 2.73. The van der Waals surface area contributed by atoms with E-state index in [2.05, 4.69) is 10.3 Å².